The Morgan fingerprint density at radius 3 is 2.38 bits per heavy atom. The summed E-state index contributed by atoms with van der Waals surface area (Å²) >= 11 is 12.3. The van der Waals surface area contributed by atoms with E-state index >= 15 is 0 Å². The highest BCUT2D eigenvalue weighted by Gasteiger charge is 2.47. The molecule has 7 heteroatoms. The minimum absolute atomic E-state index is 0.0306. The van der Waals surface area contributed by atoms with Crippen LogP contribution < -0.4 is 0 Å². The summed E-state index contributed by atoms with van der Waals surface area (Å²) in [5.74, 6) is -1.29. The monoisotopic (exact) mass is 427 g/mol. The Bertz CT molecular complexity index is 1100. The summed E-state index contributed by atoms with van der Waals surface area (Å²) in [5.41, 5.74) is 0.884. The van der Waals surface area contributed by atoms with Gasteiger partial charge in [0.1, 0.15) is 11.5 Å². The number of Topliss-reactive ketones (excluding diaryl/α,β-unsaturated/α-hetero) is 1. The fraction of sp³-hybridized carbons (Fsp3) is 0.0909. The molecule has 5 nitrogen and oxygen atoms in total. The molecule has 0 radical (unpaired) electrons. The molecule has 1 amide bonds. The number of hydrogen-bond acceptors (Lipinski definition) is 4. The van der Waals surface area contributed by atoms with Crippen LogP contribution >= 0.6 is 23.2 Å². The van der Waals surface area contributed by atoms with Crippen LogP contribution in [0.1, 0.15) is 22.9 Å². The van der Waals surface area contributed by atoms with Gasteiger partial charge in [-0.15, -0.1) is 0 Å². The molecular formula is C22H15Cl2NO4. The molecule has 0 spiro atoms. The van der Waals surface area contributed by atoms with Crippen LogP contribution in [0.15, 0.2) is 76.9 Å². The van der Waals surface area contributed by atoms with Crippen LogP contribution in [0.2, 0.25) is 10.0 Å². The highest BCUT2D eigenvalue weighted by atomic mass is 35.5. The maximum atomic E-state index is 12.9. The molecule has 1 fully saturated rings. The topological polar surface area (TPSA) is 70.8 Å². The number of carbonyl (C=O) groups excluding carboxylic acids is 2. The fourth-order valence-corrected chi connectivity index (χ4v) is 3.76. The maximum Gasteiger partial charge on any atom is 0.296 e. The first-order valence-electron chi connectivity index (χ1n) is 8.78. The molecule has 0 bridgehead atoms. The first-order chi connectivity index (χ1) is 14.0. The van der Waals surface area contributed by atoms with E-state index in [2.05, 4.69) is 0 Å². The lowest BCUT2D eigenvalue weighted by atomic mass is 9.95. The highest BCUT2D eigenvalue weighted by molar-refractivity contribution is 6.47. The predicted molar refractivity (Wildman–Crippen MR) is 109 cm³/mol. The molecule has 146 valence electrons. The number of rotatable bonds is 4. The first-order valence-corrected chi connectivity index (χ1v) is 9.54. The third kappa shape index (κ3) is 3.55. The first kappa shape index (κ1) is 19.3. The van der Waals surface area contributed by atoms with Crippen LogP contribution in [-0.2, 0) is 16.1 Å². The van der Waals surface area contributed by atoms with Gasteiger partial charge in [-0.25, -0.2) is 0 Å². The lowest BCUT2D eigenvalue weighted by Gasteiger charge is -2.25. The van der Waals surface area contributed by atoms with E-state index in [1.165, 1.54) is 11.2 Å². The van der Waals surface area contributed by atoms with Crippen LogP contribution in [0.25, 0.3) is 5.76 Å². The summed E-state index contributed by atoms with van der Waals surface area (Å²) in [6.45, 7) is 0.0604. The summed E-state index contributed by atoms with van der Waals surface area (Å²) in [5, 5.41) is 11.8. The van der Waals surface area contributed by atoms with E-state index in [0.717, 1.165) is 0 Å². The van der Waals surface area contributed by atoms with E-state index in [9.17, 15) is 14.7 Å². The van der Waals surface area contributed by atoms with Crippen molar-refractivity contribution in [1.82, 2.24) is 4.90 Å². The van der Waals surface area contributed by atoms with Crippen LogP contribution in [0, 0.1) is 0 Å². The summed E-state index contributed by atoms with van der Waals surface area (Å²) in [7, 11) is 0. The van der Waals surface area contributed by atoms with Crippen molar-refractivity contribution in [3.8, 4) is 0 Å². The Balaban J connectivity index is 1.89. The van der Waals surface area contributed by atoms with Gasteiger partial charge < -0.3 is 14.4 Å². The van der Waals surface area contributed by atoms with Crippen molar-refractivity contribution in [2.45, 2.75) is 12.6 Å². The number of carbonyl (C=O) groups is 2. The van der Waals surface area contributed by atoms with Crippen LogP contribution in [-0.4, -0.2) is 21.7 Å². The number of likely N-dealkylation sites (tertiary alicyclic amines) is 1. The largest absolute Gasteiger partial charge is 0.507 e. The molecule has 2 heterocycles. The Morgan fingerprint density at radius 2 is 1.72 bits per heavy atom. The quantitative estimate of drug-likeness (QED) is 0.352. The molecule has 1 aromatic heterocycles. The number of nitrogens with zero attached hydrogens (tertiary/aromatic N) is 1. The Morgan fingerprint density at radius 1 is 1.00 bits per heavy atom. The van der Waals surface area contributed by atoms with Gasteiger partial charge >= 0.3 is 0 Å². The van der Waals surface area contributed by atoms with Crippen molar-refractivity contribution in [2.24, 2.45) is 0 Å². The van der Waals surface area contributed by atoms with Gasteiger partial charge in [0.05, 0.1) is 24.4 Å². The van der Waals surface area contributed by atoms with Gasteiger partial charge in [-0.1, -0.05) is 41.4 Å². The van der Waals surface area contributed by atoms with Crippen molar-refractivity contribution in [2.75, 3.05) is 0 Å². The Kier molecular flexibility index (Phi) is 5.18. The molecule has 1 aliphatic heterocycles. The van der Waals surface area contributed by atoms with Gasteiger partial charge in [0.15, 0.2) is 0 Å². The van der Waals surface area contributed by atoms with Crippen molar-refractivity contribution >= 4 is 40.7 Å². The lowest BCUT2D eigenvalue weighted by molar-refractivity contribution is -0.140. The number of amides is 1. The zero-order chi connectivity index (χ0) is 20.5. The van der Waals surface area contributed by atoms with Gasteiger partial charge in [0, 0.05) is 15.6 Å². The summed E-state index contributed by atoms with van der Waals surface area (Å²) in [6.07, 6.45) is 1.49. The third-order valence-corrected chi connectivity index (χ3v) is 5.36. The highest BCUT2D eigenvalue weighted by Crippen LogP contribution is 2.42. The number of hydrogen-bond donors (Lipinski definition) is 1. The third-order valence-electron chi connectivity index (χ3n) is 4.76. The number of furan rings is 1. The molecule has 1 N–H and O–H groups in total. The molecule has 0 saturated carbocycles. The Hall–Kier alpha value is -3.02. The summed E-state index contributed by atoms with van der Waals surface area (Å²) < 4.78 is 5.36. The normalized spacial score (nSPS) is 18.4. The number of ketones is 1. The second-order valence-electron chi connectivity index (χ2n) is 6.53. The van der Waals surface area contributed by atoms with E-state index in [-0.39, 0.29) is 17.9 Å². The molecule has 1 saturated heterocycles. The zero-order valence-electron chi connectivity index (χ0n) is 15.0. The van der Waals surface area contributed by atoms with E-state index in [0.29, 0.717) is 26.9 Å². The predicted octanol–water partition coefficient (Wildman–Crippen LogP) is 5.21. The number of aliphatic hydroxyl groups excluding tert-OH is 1. The van der Waals surface area contributed by atoms with E-state index in [4.69, 9.17) is 27.6 Å². The van der Waals surface area contributed by atoms with Gasteiger partial charge in [0.2, 0.25) is 0 Å². The minimum atomic E-state index is -0.857. The molecular weight excluding hydrogens is 413 g/mol. The molecule has 29 heavy (non-hydrogen) atoms. The average molecular weight is 428 g/mol. The van der Waals surface area contributed by atoms with Crippen LogP contribution in [0.5, 0.6) is 0 Å². The van der Waals surface area contributed by atoms with E-state index in [1.807, 2.05) is 0 Å². The SMILES string of the molecule is O=C1C(=O)N(Cc2ccco2)[C@H](c2ccccc2Cl)/C1=C(\O)c1ccc(Cl)cc1. The number of aliphatic hydroxyl groups is 1. The Labute approximate surface area is 176 Å². The van der Waals surface area contributed by atoms with Crippen molar-refractivity contribution in [3.05, 3.63) is 99.4 Å². The minimum Gasteiger partial charge on any atom is -0.507 e. The van der Waals surface area contributed by atoms with Crippen molar-refractivity contribution in [1.29, 1.82) is 0 Å². The van der Waals surface area contributed by atoms with Crippen molar-refractivity contribution in [3.63, 3.8) is 0 Å². The van der Waals surface area contributed by atoms with Gasteiger partial charge in [0.25, 0.3) is 11.7 Å². The zero-order valence-corrected chi connectivity index (χ0v) is 16.5. The standard InChI is InChI=1S/C22H15Cl2NO4/c23-14-9-7-13(8-10-14)20(26)18-19(16-5-1-2-6-17(16)24)25(22(28)21(18)27)12-15-4-3-11-29-15/h1-11,19,26H,12H2/b20-18+/t19-/m1/s1. The summed E-state index contributed by atoms with van der Waals surface area (Å²) in [6, 6.07) is 15.8. The van der Waals surface area contributed by atoms with E-state index in [1.54, 1.807) is 60.7 Å². The maximum absolute atomic E-state index is 12.9. The van der Waals surface area contributed by atoms with E-state index < -0.39 is 17.7 Å². The van der Waals surface area contributed by atoms with Gasteiger partial charge in [-0.05, 0) is 48.0 Å². The fourth-order valence-electron chi connectivity index (χ4n) is 3.40. The number of benzene rings is 2. The second kappa shape index (κ2) is 7.78. The molecule has 2 aromatic carbocycles. The molecule has 3 aromatic rings. The van der Waals surface area contributed by atoms with Crippen molar-refractivity contribution < 1.29 is 19.1 Å². The molecule has 1 atom stereocenters. The van der Waals surface area contributed by atoms with Gasteiger partial charge in [-0.2, -0.15) is 0 Å². The average Bonchev–Trinajstić information content (AvgIpc) is 3.31. The number of halogens is 2. The molecule has 0 aliphatic carbocycles. The van der Waals surface area contributed by atoms with Crippen LogP contribution in [0.4, 0.5) is 0 Å². The summed E-state index contributed by atoms with van der Waals surface area (Å²) in [4.78, 5) is 27.1. The molecule has 0 unspecified atom stereocenters. The molecule has 1 aliphatic rings. The smallest absolute Gasteiger partial charge is 0.296 e. The lowest BCUT2D eigenvalue weighted by Crippen LogP contribution is -2.29. The second-order valence-corrected chi connectivity index (χ2v) is 7.38. The van der Waals surface area contributed by atoms with Gasteiger partial charge in [-0.3, -0.25) is 9.59 Å². The molecule has 4 rings (SSSR count). The van der Waals surface area contributed by atoms with Crippen LogP contribution in [0.3, 0.4) is 0 Å².